The molecule has 149 heavy (non-hydrogen) atoms. The molecule has 0 saturated heterocycles. The van der Waals surface area contributed by atoms with Gasteiger partial charge in [-0.1, -0.05) is 173 Å². The number of nitrogens with zero attached hydrogens (tertiary/aromatic N) is 22. The number of thiophene rings is 2. The zero-order chi connectivity index (χ0) is 96.3. The summed E-state index contributed by atoms with van der Waals surface area (Å²) in [5.74, 6) is 7.38. The van der Waals surface area contributed by atoms with Gasteiger partial charge in [0.25, 0.3) is 0 Å². The Labute approximate surface area is 910 Å². The van der Waals surface area contributed by atoms with Gasteiger partial charge in [0, 0.05) is 162 Å². The fourth-order valence-electron chi connectivity index (χ4n) is 19.7. The molecule has 2 aliphatic rings. The van der Waals surface area contributed by atoms with E-state index in [1.165, 1.54) is 13.6 Å². The van der Waals surface area contributed by atoms with Gasteiger partial charge in [-0.25, -0.2) is 56.2 Å². The van der Waals surface area contributed by atoms with E-state index in [1.54, 1.807) is 45.8 Å². The Bertz CT molecular complexity index is 9930. The summed E-state index contributed by atoms with van der Waals surface area (Å²) in [6, 6.07) is 129. The summed E-state index contributed by atoms with van der Waals surface area (Å²) in [6.45, 7) is 0. The van der Waals surface area contributed by atoms with E-state index in [9.17, 15) is 0 Å². The molecule has 0 bridgehead atoms. The van der Waals surface area contributed by atoms with Crippen molar-refractivity contribution < 1.29 is 71.7 Å². The van der Waals surface area contributed by atoms with Crippen LogP contribution in [0.25, 0.3) is 193 Å². The summed E-state index contributed by atoms with van der Waals surface area (Å²) in [5, 5.41) is 13.0. The molecule has 30 heteroatoms. The van der Waals surface area contributed by atoms with E-state index in [-0.39, 0.29) is 67.1 Å². The molecule has 0 amide bonds. The third kappa shape index (κ3) is 17.1. The van der Waals surface area contributed by atoms with Gasteiger partial charge in [0.2, 0.25) is 0 Å². The maximum Gasteiger partial charge on any atom is 2.00 e. The molecule has 28 aromatic rings. The monoisotopic (exact) mass is 2180 g/mol. The maximum atomic E-state index is 5.28. The summed E-state index contributed by atoms with van der Waals surface area (Å²) in [6.07, 6.45) is 15.0. The van der Waals surface area contributed by atoms with Gasteiger partial charge in [-0.2, -0.15) is 11.5 Å². The predicted octanol–water partition coefficient (Wildman–Crippen LogP) is 27.9. The van der Waals surface area contributed by atoms with E-state index >= 15 is 0 Å². The number of aromatic nitrogens is 19. The van der Waals surface area contributed by atoms with Crippen LogP contribution >= 0.6 is 45.8 Å². The third-order valence-corrected chi connectivity index (χ3v) is 30.3. The Kier molecular flexibility index (Phi) is 26.0. The van der Waals surface area contributed by atoms with Gasteiger partial charge in [-0.05, 0) is 151 Å². The van der Waals surface area contributed by atoms with Crippen LogP contribution in [0.15, 0.2) is 415 Å². The largest absolute Gasteiger partial charge is 2.00 e. The van der Waals surface area contributed by atoms with Crippen molar-refractivity contribution >= 4 is 199 Å². The van der Waals surface area contributed by atoms with Crippen molar-refractivity contribution in [1.29, 1.82) is 0 Å². The molecule has 2 aliphatic heterocycles. The van der Waals surface area contributed by atoms with Gasteiger partial charge in [0.05, 0.1) is 67.7 Å². The van der Waals surface area contributed by atoms with Crippen LogP contribution in [-0.2, 0) is 81.2 Å². The number of imidazole rings is 1. The van der Waals surface area contributed by atoms with Gasteiger partial charge in [-0.3, -0.25) is 43.0 Å². The number of rotatable bonds is 12. The van der Waals surface area contributed by atoms with Crippen LogP contribution in [0, 0.1) is 24.4 Å². The first kappa shape index (κ1) is 96.0. The van der Waals surface area contributed by atoms with Crippen molar-refractivity contribution in [3.8, 4) is 85.4 Å². The second kappa shape index (κ2) is 40.4. The van der Waals surface area contributed by atoms with E-state index in [0.29, 0.717) is 0 Å². The normalized spacial score (nSPS) is 11.8. The number of hydrogen-bond donors (Lipinski definition) is 0. The number of fused-ring (bicyclic) bond motifs is 16. The van der Waals surface area contributed by atoms with Gasteiger partial charge in [0.15, 0.2) is 11.6 Å². The Balaban J connectivity index is 0.000000108. The van der Waals surface area contributed by atoms with Gasteiger partial charge < -0.3 is 18.6 Å². The molecular weight excluding hydrogens is 2100 g/mol. The van der Waals surface area contributed by atoms with Crippen LogP contribution < -0.4 is 24.3 Å². The molecule has 4 radical (unpaired) electrons. The molecule has 30 rings (SSSR count). The summed E-state index contributed by atoms with van der Waals surface area (Å²) in [7, 11) is 6.15. The zero-order valence-corrected chi connectivity index (χ0v) is 86.4. The fourth-order valence-corrected chi connectivity index (χ4v) is 23.2. The second-order valence-corrected chi connectivity index (χ2v) is 38.9. The molecule has 0 N–H and O–H groups in total. The number of anilines is 8. The molecule has 0 fully saturated rings. The first-order valence-electron chi connectivity index (χ1n) is 47.0. The van der Waals surface area contributed by atoms with E-state index < -0.39 is 0 Å². The van der Waals surface area contributed by atoms with E-state index in [4.69, 9.17) is 39.9 Å². The average Bonchev–Trinajstić information content (AvgIpc) is 1.13. The Morgan fingerprint density at radius 1 is 0.369 bits per heavy atom. The van der Waals surface area contributed by atoms with Crippen molar-refractivity contribution in [2.24, 2.45) is 14.1 Å². The summed E-state index contributed by atoms with van der Waals surface area (Å²) in [5.41, 5.74) is 25.4. The predicted molar refractivity (Wildman–Crippen MR) is 584 cm³/mol. The third-order valence-electron chi connectivity index (χ3n) is 26.4. The van der Waals surface area contributed by atoms with Gasteiger partial charge in [0.1, 0.15) is 78.2 Å². The average molecular weight is 2180 g/mol. The number of hydrogen-bond acceptors (Lipinski definition) is 18. The molecule has 20 aromatic heterocycles. The molecule has 8 aromatic carbocycles. The minimum Gasteiger partial charge on any atom is -0.429 e. The van der Waals surface area contributed by atoms with Crippen LogP contribution in [0.2, 0.25) is 0 Å². The first-order chi connectivity index (χ1) is 71.6. The van der Waals surface area contributed by atoms with Crippen molar-refractivity contribution in [3.05, 3.63) is 430 Å². The molecule has 0 unspecified atom stereocenters. The van der Waals surface area contributed by atoms with Gasteiger partial charge >= 0.3 is 16.8 Å². The SMILES string of the molecule is CN1c2ccccc2N(c2cccc(-c3cccc4sc[c-]c34)n2)c2nc(-c3cn(C)c4c3[n-]c[n+]4C)ccc21.[Co+2].[Co].[Co].[Co].[c-]1cc2ccccc2n1-c1ccc2c3ccccc3n(-c3cccc(-n4ccc5cccnc54)n3)c2n1.[c-]1ccccc1-c1ccc2c3ccccc3n(-c3cccc(-c4csc5scnc45)n3)c2n1.[c-]1ccccc1-c1cccc(N2c3ccccc3Sc3ccc(-n4ccc5cccnc54)nc32)n1. The standard InChI is InChI=1S/C32H24N7S.C31H19N6.C29H18N5S.C27H15N4S2.4Co/c1-36-18-22(30-32(36)37(2)19-33-30)24-14-15-27-31(35-24)39(26-11-5-4-10-25(26)38(27)3)29-13-7-9-23(34-29)20-8-6-12-28-21(20)16-17-40-28;1-3-10-25-21(7-1)16-19-35(25)28-15-14-24-23-9-2-4-11-26(23)37(31(24)34-28)29-13-5-12-27(33-29)36-20-17-22-8-6-18-32-30(22)36;1-2-8-20(9-3-1)22-11-6-14-27(31-22)34-23-12-4-5-13-24(23)35-25-15-16-26(32-29(25)34)33-19-17-21-10-7-18-30-28(21)33;1-2-7-17(8-3-1)21-14-13-19-18-9-4-5-11-23(18)31(26(19)30-21)24-12-6-10-22(29-24)20-15-32-27-25(20)28-16-33-27;;;;/h4-15,17-19H,1-3H3;1-18,20H;1-8,10-19H;1-7,9-16H;;;;/q4*-1;;;;+2. The Hall–Kier alpha value is -16.4. The van der Waals surface area contributed by atoms with Crippen LogP contribution in [0.1, 0.15) is 0 Å². The molecular formula is C119H76Co4N22S4-2. The fraction of sp³-hybridized carbons (Fsp3) is 0.0252. The minimum atomic E-state index is 0. The van der Waals surface area contributed by atoms with Crippen molar-refractivity contribution in [2.45, 2.75) is 9.79 Å². The number of para-hydroxylation sites is 6. The summed E-state index contributed by atoms with van der Waals surface area (Å²) in [4.78, 5) is 68.2. The maximum absolute atomic E-state index is 5.28. The number of aryl methyl sites for hydroxylation is 2. The van der Waals surface area contributed by atoms with Crippen LogP contribution in [0.3, 0.4) is 0 Å². The van der Waals surface area contributed by atoms with E-state index in [1.807, 2.05) is 196 Å². The number of thiazole rings is 1. The van der Waals surface area contributed by atoms with Gasteiger partial charge in [-0.15, -0.1) is 130 Å². The summed E-state index contributed by atoms with van der Waals surface area (Å²) < 4.78 is 16.9. The van der Waals surface area contributed by atoms with Crippen molar-refractivity contribution in [3.63, 3.8) is 0 Å². The summed E-state index contributed by atoms with van der Waals surface area (Å²) >= 11 is 6.81. The van der Waals surface area contributed by atoms with Crippen molar-refractivity contribution in [1.82, 2.24) is 87.2 Å². The van der Waals surface area contributed by atoms with Crippen molar-refractivity contribution in [2.75, 3.05) is 21.7 Å². The minimum absolute atomic E-state index is 0. The molecule has 22 heterocycles. The molecule has 724 valence electrons. The van der Waals surface area contributed by atoms with Crippen LogP contribution in [-0.4, -0.2) is 89.3 Å². The first-order valence-corrected chi connectivity index (χ1v) is 50.5. The molecule has 0 saturated carbocycles. The molecule has 0 spiro atoms. The quantitative estimate of drug-likeness (QED) is 0.0825. The Morgan fingerprint density at radius 3 is 1.66 bits per heavy atom. The Morgan fingerprint density at radius 2 is 0.933 bits per heavy atom. The number of benzene rings is 8. The molecule has 22 nitrogen and oxygen atoms in total. The van der Waals surface area contributed by atoms with Crippen LogP contribution in [0.5, 0.6) is 0 Å². The number of pyridine rings is 10. The second-order valence-electron chi connectivity index (χ2n) is 34.9. The topological polar surface area (TPSA) is 199 Å². The smallest absolute Gasteiger partial charge is 0.429 e. The van der Waals surface area contributed by atoms with E-state index in [0.717, 1.165) is 235 Å². The molecule has 0 atom stereocenters. The molecule has 0 aliphatic carbocycles. The van der Waals surface area contributed by atoms with E-state index in [2.05, 4.69) is 322 Å². The zero-order valence-electron chi connectivity index (χ0n) is 79.0. The van der Waals surface area contributed by atoms with Crippen LogP contribution in [0.4, 0.5) is 46.0 Å².